The average Bonchev–Trinajstić information content (AvgIpc) is 3.44. The van der Waals surface area contributed by atoms with E-state index >= 15 is 0 Å². The Kier molecular flexibility index (Phi) is 6.57. The third-order valence-electron chi connectivity index (χ3n) is 5.68. The summed E-state index contributed by atoms with van der Waals surface area (Å²) in [6, 6.07) is 10.2. The number of aromatic nitrogens is 3. The van der Waals surface area contributed by atoms with Gasteiger partial charge in [0.1, 0.15) is 0 Å². The van der Waals surface area contributed by atoms with Gasteiger partial charge in [-0.25, -0.2) is 0 Å². The van der Waals surface area contributed by atoms with E-state index in [0.717, 1.165) is 52.8 Å². The van der Waals surface area contributed by atoms with Gasteiger partial charge >= 0.3 is 0 Å². The lowest BCUT2D eigenvalue weighted by Gasteiger charge is -2.25. The molecular formula is C23H28N4O2S. The smallest absolute Gasteiger partial charge is 0.234 e. The number of benzene rings is 1. The molecule has 1 aliphatic carbocycles. The second-order valence-corrected chi connectivity index (χ2v) is 8.69. The topological polar surface area (TPSA) is 73.0 Å². The summed E-state index contributed by atoms with van der Waals surface area (Å²) in [5.41, 5.74) is 3.16. The van der Waals surface area contributed by atoms with Crippen molar-refractivity contribution in [2.24, 2.45) is 0 Å². The van der Waals surface area contributed by atoms with Gasteiger partial charge in [0.2, 0.25) is 11.7 Å². The predicted molar refractivity (Wildman–Crippen MR) is 120 cm³/mol. The van der Waals surface area contributed by atoms with E-state index in [9.17, 15) is 4.79 Å². The van der Waals surface area contributed by atoms with Crippen molar-refractivity contribution in [2.45, 2.75) is 63.6 Å². The van der Waals surface area contributed by atoms with Crippen molar-refractivity contribution in [3.63, 3.8) is 0 Å². The van der Waals surface area contributed by atoms with E-state index < -0.39 is 0 Å². The molecule has 1 aliphatic rings. The first-order chi connectivity index (χ1) is 14.7. The minimum atomic E-state index is -0.0262. The number of amides is 1. The van der Waals surface area contributed by atoms with Gasteiger partial charge in [-0.05, 0) is 49.4 Å². The number of rotatable bonds is 7. The van der Waals surface area contributed by atoms with E-state index in [0.29, 0.717) is 11.8 Å². The Balaban J connectivity index is 1.51. The van der Waals surface area contributed by atoms with Crippen LogP contribution in [0.2, 0.25) is 0 Å². The molecule has 0 saturated heterocycles. The zero-order chi connectivity index (χ0) is 20.9. The summed E-state index contributed by atoms with van der Waals surface area (Å²) in [4.78, 5) is 12.7. The monoisotopic (exact) mass is 424 g/mol. The van der Waals surface area contributed by atoms with E-state index in [4.69, 9.17) is 4.42 Å². The van der Waals surface area contributed by atoms with Crippen LogP contribution in [-0.2, 0) is 11.2 Å². The summed E-state index contributed by atoms with van der Waals surface area (Å²) < 4.78 is 7.78. The van der Waals surface area contributed by atoms with Crippen LogP contribution in [-0.4, -0.2) is 26.4 Å². The molecule has 1 N–H and O–H groups in total. The third-order valence-corrected chi connectivity index (χ3v) is 6.63. The molecule has 1 saturated carbocycles. The summed E-state index contributed by atoms with van der Waals surface area (Å²) in [5.74, 6) is 1.74. The number of carbonyl (C=O) groups excluding carboxylic acids is 1. The van der Waals surface area contributed by atoms with Crippen LogP contribution in [0.4, 0.5) is 5.69 Å². The highest BCUT2D eigenvalue weighted by atomic mass is 32.2. The van der Waals surface area contributed by atoms with Crippen LogP contribution in [0.25, 0.3) is 11.6 Å². The summed E-state index contributed by atoms with van der Waals surface area (Å²) >= 11 is 1.44. The maximum Gasteiger partial charge on any atom is 0.234 e. The highest BCUT2D eigenvalue weighted by Crippen LogP contribution is 2.35. The van der Waals surface area contributed by atoms with Crippen molar-refractivity contribution in [1.82, 2.24) is 14.8 Å². The molecule has 0 atom stereocenters. The first-order valence-electron chi connectivity index (χ1n) is 10.7. The molecule has 0 spiro atoms. The number of hydrogen-bond acceptors (Lipinski definition) is 5. The van der Waals surface area contributed by atoms with E-state index in [1.165, 1.54) is 31.0 Å². The molecule has 1 aromatic carbocycles. The molecule has 2 heterocycles. The minimum absolute atomic E-state index is 0.0262. The highest BCUT2D eigenvalue weighted by molar-refractivity contribution is 7.99. The number of hydrogen-bond donors (Lipinski definition) is 1. The lowest BCUT2D eigenvalue weighted by Crippen LogP contribution is -2.18. The normalized spacial score (nSPS) is 14.7. The number of aryl methyl sites for hydroxylation is 2. The minimum Gasteiger partial charge on any atom is -0.461 e. The van der Waals surface area contributed by atoms with Crippen molar-refractivity contribution < 1.29 is 9.21 Å². The standard InChI is InChI=1S/C23H28N4O2S/c1-3-17-10-7-9-16(2)21(17)24-20(28)15-30-23-26-25-22(19-13-8-14-29-19)27(23)18-11-5-4-6-12-18/h7-10,13-14,18H,3-6,11-12,15H2,1-2H3,(H,24,28). The van der Waals surface area contributed by atoms with E-state index in [1.54, 1.807) is 6.26 Å². The number of furan rings is 1. The van der Waals surface area contributed by atoms with Crippen molar-refractivity contribution in [2.75, 3.05) is 11.1 Å². The Labute approximate surface area is 181 Å². The number of nitrogens with one attached hydrogen (secondary N) is 1. The van der Waals surface area contributed by atoms with Crippen LogP contribution in [0.1, 0.15) is 56.2 Å². The lowest BCUT2D eigenvalue weighted by molar-refractivity contribution is -0.113. The van der Waals surface area contributed by atoms with Gasteiger partial charge in [-0.2, -0.15) is 0 Å². The number of anilines is 1. The predicted octanol–water partition coefficient (Wildman–Crippen LogP) is 5.64. The van der Waals surface area contributed by atoms with Gasteiger partial charge in [-0.1, -0.05) is 56.1 Å². The molecule has 0 unspecified atom stereocenters. The van der Waals surface area contributed by atoms with Crippen molar-refractivity contribution in [3.8, 4) is 11.6 Å². The van der Waals surface area contributed by atoms with Gasteiger partial charge in [-0.3, -0.25) is 9.36 Å². The molecule has 3 aromatic rings. The number of para-hydroxylation sites is 1. The summed E-state index contributed by atoms with van der Waals surface area (Å²) in [6.07, 6.45) is 8.44. The molecule has 6 nitrogen and oxygen atoms in total. The maximum atomic E-state index is 12.7. The Morgan fingerprint density at radius 1 is 1.20 bits per heavy atom. The molecule has 2 aromatic heterocycles. The Morgan fingerprint density at radius 2 is 2.03 bits per heavy atom. The van der Waals surface area contributed by atoms with Gasteiger partial charge in [0.25, 0.3) is 0 Å². The van der Waals surface area contributed by atoms with E-state index in [2.05, 4.69) is 33.1 Å². The summed E-state index contributed by atoms with van der Waals surface area (Å²) in [5, 5.41) is 12.7. The molecule has 1 amide bonds. The first kappa shape index (κ1) is 20.7. The molecule has 158 valence electrons. The second-order valence-electron chi connectivity index (χ2n) is 7.74. The first-order valence-corrected chi connectivity index (χ1v) is 11.7. The van der Waals surface area contributed by atoms with E-state index in [1.807, 2.05) is 31.2 Å². The zero-order valence-electron chi connectivity index (χ0n) is 17.6. The Morgan fingerprint density at radius 3 is 2.77 bits per heavy atom. The maximum absolute atomic E-state index is 12.7. The molecule has 30 heavy (non-hydrogen) atoms. The average molecular weight is 425 g/mol. The molecule has 1 fully saturated rings. The Bertz CT molecular complexity index is 991. The summed E-state index contributed by atoms with van der Waals surface area (Å²) in [7, 11) is 0. The van der Waals surface area contributed by atoms with Crippen LogP contribution < -0.4 is 5.32 Å². The molecule has 7 heteroatoms. The highest BCUT2D eigenvalue weighted by Gasteiger charge is 2.25. The summed E-state index contributed by atoms with van der Waals surface area (Å²) in [6.45, 7) is 4.12. The third kappa shape index (κ3) is 4.46. The van der Waals surface area contributed by atoms with Crippen LogP contribution in [0.3, 0.4) is 0 Å². The number of nitrogens with zero attached hydrogens (tertiary/aromatic N) is 3. The van der Waals surface area contributed by atoms with Crippen molar-refractivity contribution in [3.05, 3.63) is 47.7 Å². The fourth-order valence-electron chi connectivity index (χ4n) is 4.13. The van der Waals surface area contributed by atoms with Crippen LogP contribution in [0.15, 0.2) is 46.2 Å². The fraction of sp³-hybridized carbons (Fsp3) is 0.435. The van der Waals surface area contributed by atoms with Gasteiger partial charge in [0.05, 0.1) is 12.0 Å². The van der Waals surface area contributed by atoms with Gasteiger partial charge < -0.3 is 9.73 Å². The van der Waals surface area contributed by atoms with Gasteiger partial charge in [-0.15, -0.1) is 10.2 Å². The molecule has 0 bridgehead atoms. The number of carbonyl (C=O) groups is 1. The molecule has 0 radical (unpaired) electrons. The zero-order valence-corrected chi connectivity index (χ0v) is 18.4. The van der Waals surface area contributed by atoms with E-state index in [-0.39, 0.29) is 5.91 Å². The SMILES string of the molecule is CCc1cccc(C)c1NC(=O)CSc1nnc(-c2ccco2)n1C1CCCCC1. The second kappa shape index (κ2) is 9.51. The van der Waals surface area contributed by atoms with Gasteiger partial charge in [0, 0.05) is 11.7 Å². The van der Waals surface area contributed by atoms with Crippen molar-refractivity contribution >= 4 is 23.4 Å². The fourth-order valence-corrected chi connectivity index (χ4v) is 4.93. The largest absolute Gasteiger partial charge is 0.461 e. The lowest BCUT2D eigenvalue weighted by atomic mass is 9.95. The molecule has 4 rings (SSSR count). The van der Waals surface area contributed by atoms with Gasteiger partial charge in [0.15, 0.2) is 10.9 Å². The van der Waals surface area contributed by atoms with Crippen molar-refractivity contribution in [1.29, 1.82) is 0 Å². The molecule has 0 aliphatic heterocycles. The Hall–Kier alpha value is -2.54. The van der Waals surface area contributed by atoms with Crippen LogP contribution >= 0.6 is 11.8 Å². The van der Waals surface area contributed by atoms with Crippen LogP contribution in [0.5, 0.6) is 0 Å². The molecular weight excluding hydrogens is 396 g/mol. The quantitative estimate of drug-likeness (QED) is 0.497. The number of thioether (sulfide) groups is 1. The van der Waals surface area contributed by atoms with Crippen LogP contribution in [0, 0.1) is 6.92 Å².